The molecule has 8 heteroatoms. The summed E-state index contributed by atoms with van der Waals surface area (Å²) >= 11 is 6.13. The molecule has 0 spiro atoms. The van der Waals surface area contributed by atoms with Crippen molar-refractivity contribution in [2.45, 2.75) is 6.42 Å². The topological polar surface area (TPSA) is 85.3 Å². The van der Waals surface area contributed by atoms with Gasteiger partial charge in [0.1, 0.15) is 19.8 Å². The predicted octanol–water partition coefficient (Wildman–Crippen LogP) is 1.21. The van der Waals surface area contributed by atoms with Gasteiger partial charge < -0.3 is 24.2 Å². The van der Waals surface area contributed by atoms with Crippen LogP contribution in [0.4, 0.5) is 0 Å². The summed E-state index contributed by atoms with van der Waals surface area (Å²) in [7, 11) is 1.49. The lowest BCUT2D eigenvalue weighted by Crippen LogP contribution is -2.38. The molecule has 0 unspecified atom stereocenters. The van der Waals surface area contributed by atoms with Gasteiger partial charge in [-0.05, 0) is 17.7 Å². The molecule has 0 radical (unpaired) electrons. The summed E-state index contributed by atoms with van der Waals surface area (Å²) in [5.41, 5.74) is 0.636. The van der Waals surface area contributed by atoms with Crippen molar-refractivity contribution in [3.05, 3.63) is 22.7 Å². The van der Waals surface area contributed by atoms with E-state index < -0.39 is 5.97 Å². The summed E-state index contributed by atoms with van der Waals surface area (Å²) in [5, 5.41) is 9.28. The number of halogens is 1. The van der Waals surface area contributed by atoms with Gasteiger partial charge in [-0.3, -0.25) is 9.59 Å². The number of ether oxygens (including phenoxy) is 3. The van der Waals surface area contributed by atoms with Crippen molar-refractivity contribution < 1.29 is 28.9 Å². The zero-order valence-corrected chi connectivity index (χ0v) is 13.5. The lowest BCUT2D eigenvalue weighted by Gasteiger charge is -2.22. The average Bonchev–Trinajstić information content (AvgIpc) is 2.51. The number of hydrogen-bond acceptors (Lipinski definition) is 5. The fraction of sp³-hybridized carbons (Fsp3) is 0.467. The third kappa shape index (κ3) is 4.74. The first-order chi connectivity index (χ1) is 11.0. The summed E-state index contributed by atoms with van der Waals surface area (Å²) in [5.74, 6) is -0.434. The van der Waals surface area contributed by atoms with Crippen molar-refractivity contribution >= 4 is 23.5 Å². The maximum absolute atomic E-state index is 12.3. The minimum Gasteiger partial charge on any atom is -0.486 e. The molecule has 2 rings (SSSR count). The maximum Gasteiger partial charge on any atom is 0.323 e. The highest BCUT2D eigenvalue weighted by Gasteiger charge is 2.20. The second-order valence-electron chi connectivity index (χ2n) is 4.98. The van der Waals surface area contributed by atoms with Crippen molar-refractivity contribution in [2.24, 2.45) is 0 Å². The van der Waals surface area contributed by atoms with Crippen LogP contribution in [0.25, 0.3) is 0 Å². The molecule has 0 saturated heterocycles. The van der Waals surface area contributed by atoms with E-state index in [4.69, 9.17) is 30.9 Å². The van der Waals surface area contributed by atoms with Crippen molar-refractivity contribution in [3.8, 4) is 11.5 Å². The van der Waals surface area contributed by atoms with E-state index in [9.17, 15) is 9.59 Å². The number of rotatable bonds is 7. The normalized spacial score (nSPS) is 12.8. The highest BCUT2D eigenvalue weighted by Crippen LogP contribution is 2.38. The predicted molar refractivity (Wildman–Crippen MR) is 82.2 cm³/mol. The molecule has 0 saturated carbocycles. The van der Waals surface area contributed by atoms with Gasteiger partial charge in [0.2, 0.25) is 5.91 Å². The summed E-state index contributed by atoms with van der Waals surface area (Å²) in [4.78, 5) is 24.4. The molecular formula is C15H18ClNO6. The highest BCUT2D eigenvalue weighted by molar-refractivity contribution is 6.32. The van der Waals surface area contributed by atoms with E-state index in [2.05, 4.69) is 0 Å². The molecule has 0 aliphatic carbocycles. The summed E-state index contributed by atoms with van der Waals surface area (Å²) < 4.78 is 15.8. The van der Waals surface area contributed by atoms with Crippen LogP contribution in [0.3, 0.4) is 0 Å². The van der Waals surface area contributed by atoms with E-state index in [1.54, 1.807) is 12.1 Å². The number of methoxy groups -OCH3 is 1. The van der Waals surface area contributed by atoms with Crippen molar-refractivity contribution in [3.63, 3.8) is 0 Å². The molecule has 1 aliphatic heterocycles. The fourth-order valence-corrected chi connectivity index (χ4v) is 2.50. The van der Waals surface area contributed by atoms with Crippen LogP contribution in [0.2, 0.25) is 5.02 Å². The van der Waals surface area contributed by atoms with Crippen LogP contribution in [0, 0.1) is 0 Å². The molecule has 126 valence electrons. The number of carboxylic acid groups (broad SMARTS) is 1. The highest BCUT2D eigenvalue weighted by atomic mass is 35.5. The smallest absolute Gasteiger partial charge is 0.323 e. The molecule has 7 nitrogen and oxygen atoms in total. The van der Waals surface area contributed by atoms with Gasteiger partial charge in [0.25, 0.3) is 0 Å². The van der Waals surface area contributed by atoms with E-state index >= 15 is 0 Å². The lowest BCUT2D eigenvalue weighted by molar-refractivity contribution is -0.144. The minimum atomic E-state index is -1.07. The Kier molecular flexibility index (Phi) is 6.06. The number of hydrogen-bond donors (Lipinski definition) is 1. The number of carbonyl (C=O) groups is 2. The van der Waals surface area contributed by atoms with Crippen LogP contribution >= 0.6 is 11.6 Å². The standard InChI is InChI=1S/C15H18ClNO6/c1-21-3-2-17(9-14(19)20)13(18)8-10-6-11(16)15-12(7-10)22-4-5-23-15/h6-7H,2-5,8-9H2,1H3,(H,19,20). The first kappa shape index (κ1) is 17.4. The number of nitrogens with zero attached hydrogens (tertiary/aromatic N) is 1. The van der Waals surface area contributed by atoms with E-state index in [-0.39, 0.29) is 32.0 Å². The molecule has 1 N–H and O–H groups in total. The first-order valence-electron chi connectivity index (χ1n) is 7.07. The fourth-order valence-electron chi connectivity index (χ4n) is 2.21. The van der Waals surface area contributed by atoms with Gasteiger partial charge in [0.15, 0.2) is 11.5 Å². The molecule has 0 fully saturated rings. The average molecular weight is 344 g/mol. The number of carbonyl (C=O) groups excluding carboxylic acids is 1. The van der Waals surface area contributed by atoms with Crippen LogP contribution < -0.4 is 9.47 Å². The van der Waals surface area contributed by atoms with Gasteiger partial charge in [-0.1, -0.05) is 11.6 Å². The Hall–Kier alpha value is -1.99. The molecule has 23 heavy (non-hydrogen) atoms. The van der Waals surface area contributed by atoms with Gasteiger partial charge >= 0.3 is 5.97 Å². The van der Waals surface area contributed by atoms with E-state index in [1.807, 2.05) is 0 Å². The van der Waals surface area contributed by atoms with Gasteiger partial charge in [-0.25, -0.2) is 0 Å². The Morgan fingerprint density at radius 1 is 1.35 bits per heavy atom. The van der Waals surface area contributed by atoms with Crippen LogP contribution in [-0.4, -0.2) is 61.9 Å². The first-order valence-corrected chi connectivity index (χ1v) is 7.45. The molecule has 1 aromatic carbocycles. The van der Waals surface area contributed by atoms with Crippen LogP contribution in [0.15, 0.2) is 12.1 Å². The lowest BCUT2D eigenvalue weighted by atomic mass is 10.1. The van der Waals surface area contributed by atoms with Crippen molar-refractivity contribution in [1.29, 1.82) is 0 Å². The van der Waals surface area contributed by atoms with E-state index in [0.29, 0.717) is 35.3 Å². The molecule has 1 amide bonds. The van der Waals surface area contributed by atoms with Gasteiger partial charge in [0, 0.05) is 13.7 Å². The zero-order chi connectivity index (χ0) is 16.8. The minimum absolute atomic E-state index is 0.0212. The third-order valence-electron chi connectivity index (χ3n) is 3.26. The molecular weight excluding hydrogens is 326 g/mol. The number of benzene rings is 1. The molecule has 1 aliphatic rings. The summed E-state index contributed by atoms with van der Waals surface area (Å²) in [6.07, 6.45) is 0.0212. The monoisotopic (exact) mass is 343 g/mol. The number of amides is 1. The SMILES string of the molecule is COCCN(CC(=O)O)C(=O)Cc1cc(Cl)c2c(c1)OCCO2. The Balaban J connectivity index is 2.11. The number of aliphatic carboxylic acids is 1. The van der Waals surface area contributed by atoms with Crippen molar-refractivity contribution in [1.82, 2.24) is 4.90 Å². The zero-order valence-electron chi connectivity index (χ0n) is 12.7. The van der Waals surface area contributed by atoms with Crippen molar-refractivity contribution in [2.75, 3.05) is 40.0 Å². The molecule has 0 bridgehead atoms. The van der Waals surface area contributed by atoms with E-state index in [1.165, 1.54) is 12.0 Å². The Labute approximate surface area is 138 Å². The van der Waals surface area contributed by atoms with E-state index in [0.717, 1.165) is 0 Å². The van der Waals surface area contributed by atoms with Crippen LogP contribution in [0.5, 0.6) is 11.5 Å². The Bertz CT molecular complexity index is 592. The second kappa shape index (κ2) is 8.03. The maximum atomic E-state index is 12.3. The van der Waals surface area contributed by atoms with Gasteiger partial charge in [-0.15, -0.1) is 0 Å². The summed E-state index contributed by atoms with van der Waals surface area (Å²) in [6.45, 7) is 0.940. The van der Waals surface area contributed by atoms with Gasteiger partial charge in [0.05, 0.1) is 18.1 Å². The quantitative estimate of drug-likeness (QED) is 0.801. The Morgan fingerprint density at radius 2 is 2.09 bits per heavy atom. The van der Waals surface area contributed by atoms with Crippen LogP contribution in [-0.2, 0) is 20.7 Å². The second-order valence-corrected chi connectivity index (χ2v) is 5.39. The third-order valence-corrected chi connectivity index (χ3v) is 3.54. The Morgan fingerprint density at radius 3 is 2.78 bits per heavy atom. The summed E-state index contributed by atoms with van der Waals surface area (Å²) in [6, 6.07) is 3.32. The largest absolute Gasteiger partial charge is 0.486 e. The molecule has 0 atom stereocenters. The van der Waals surface area contributed by atoms with Crippen LogP contribution in [0.1, 0.15) is 5.56 Å². The number of fused-ring (bicyclic) bond motifs is 1. The van der Waals surface area contributed by atoms with Gasteiger partial charge in [-0.2, -0.15) is 0 Å². The molecule has 0 aromatic heterocycles. The molecule has 1 heterocycles. The number of carboxylic acids is 1. The molecule has 1 aromatic rings.